The van der Waals surface area contributed by atoms with E-state index in [4.69, 9.17) is 10.4 Å². The summed E-state index contributed by atoms with van der Waals surface area (Å²) in [5.74, 6) is -1.68. The van der Waals surface area contributed by atoms with Crippen LogP contribution in [0.15, 0.2) is 0 Å². The molecule has 18 heavy (non-hydrogen) atoms. The Bertz CT molecular complexity index is 343. The average Bonchev–Trinajstić information content (AvgIpc) is 2.38. The van der Waals surface area contributed by atoms with Gasteiger partial charge in [0.25, 0.3) is 0 Å². The number of nitrogens with one attached hydrogen (secondary N) is 1. The molecule has 0 saturated heterocycles. The summed E-state index contributed by atoms with van der Waals surface area (Å²) in [6, 6.07) is 1.04. The van der Waals surface area contributed by atoms with Gasteiger partial charge in [-0.1, -0.05) is 19.3 Å². The molecule has 0 aromatic rings. The Morgan fingerprint density at radius 1 is 1.39 bits per heavy atom. The molecule has 5 heteroatoms. The molecule has 0 bridgehead atoms. The Morgan fingerprint density at radius 2 is 2.00 bits per heavy atom. The van der Waals surface area contributed by atoms with Crippen molar-refractivity contribution in [2.45, 2.75) is 51.5 Å². The van der Waals surface area contributed by atoms with Gasteiger partial charge < -0.3 is 10.4 Å². The van der Waals surface area contributed by atoms with Gasteiger partial charge >= 0.3 is 5.97 Å². The number of hydrogen-bond donors (Lipinski definition) is 2. The first-order valence-corrected chi connectivity index (χ1v) is 6.47. The molecule has 1 fully saturated rings. The minimum Gasteiger partial charge on any atom is -0.480 e. The van der Waals surface area contributed by atoms with Crippen LogP contribution in [0.3, 0.4) is 0 Å². The van der Waals surface area contributed by atoms with Crippen LogP contribution < -0.4 is 5.32 Å². The SMILES string of the molecule is C[C@H](C#N)C[C@H](NC(=O)C1CCCCC1)C(=O)O. The topological polar surface area (TPSA) is 90.2 Å². The van der Waals surface area contributed by atoms with Gasteiger partial charge in [0.05, 0.1) is 6.07 Å². The molecule has 1 aliphatic carbocycles. The third kappa shape index (κ3) is 4.36. The molecule has 0 aromatic heterocycles. The highest BCUT2D eigenvalue weighted by molar-refractivity contribution is 5.85. The molecule has 0 spiro atoms. The summed E-state index contributed by atoms with van der Waals surface area (Å²) in [7, 11) is 0. The van der Waals surface area contributed by atoms with Crippen molar-refractivity contribution in [3.63, 3.8) is 0 Å². The van der Waals surface area contributed by atoms with E-state index in [9.17, 15) is 9.59 Å². The summed E-state index contributed by atoms with van der Waals surface area (Å²) in [4.78, 5) is 23.0. The van der Waals surface area contributed by atoms with E-state index in [1.807, 2.05) is 6.07 Å². The maximum Gasteiger partial charge on any atom is 0.326 e. The Kier molecular flexibility index (Phi) is 5.63. The molecule has 100 valence electrons. The lowest BCUT2D eigenvalue weighted by Gasteiger charge is -2.23. The fourth-order valence-corrected chi connectivity index (χ4v) is 2.28. The lowest BCUT2D eigenvalue weighted by molar-refractivity contribution is -0.143. The molecule has 1 aliphatic rings. The van der Waals surface area contributed by atoms with E-state index < -0.39 is 12.0 Å². The quantitative estimate of drug-likeness (QED) is 0.779. The maximum atomic E-state index is 11.9. The number of hydrogen-bond acceptors (Lipinski definition) is 3. The molecule has 1 saturated carbocycles. The predicted molar refractivity (Wildman–Crippen MR) is 65.5 cm³/mol. The van der Waals surface area contributed by atoms with Crippen molar-refractivity contribution in [1.29, 1.82) is 5.26 Å². The van der Waals surface area contributed by atoms with E-state index in [2.05, 4.69) is 5.32 Å². The van der Waals surface area contributed by atoms with E-state index in [0.29, 0.717) is 0 Å². The van der Waals surface area contributed by atoms with Crippen LogP contribution in [0, 0.1) is 23.2 Å². The zero-order valence-electron chi connectivity index (χ0n) is 10.7. The lowest BCUT2D eigenvalue weighted by atomic mass is 9.88. The van der Waals surface area contributed by atoms with Crippen LogP contribution in [-0.4, -0.2) is 23.0 Å². The van der Waals surface area contributed by atoms with Gasteiger partial charge in [-0.3, -0.25) is 4.79 Å². The zero-order valence-corrected chi connectivity index (χ0v) is 10.7. The van der Waals surface area contributed by atoms with Crippen molar-refractivity contribution in [3.05, 3.63) is 0 Å². The average molecular weight is 252 g/mol. The van der Waals surface area contributed by atoms with Crippen LogP contribution in [0.1, 0.15) is 45.4 Å². The van der Waals surface area contributed by atoms with Crippen molar-refractivity contribution in [2.24, 2.45) is 11.8 Å². The van der Waals surface area contributed by atoms with Crippen molar-refractivity contribution in [2.75, 3.05) is 0 Å². The molecule has 0 aromatic carbocycles. The Morgan fingerprint density at radius 3 is 2.50 bits per heavy atom. The van der Waals surface area contributed by atoms with Crippen LogP contribution in [0.4, 0.5) is 0 Å². The third-order valence-corrected chi connectivity index (χ3v) is 3.40. The second-order valence-electron chi connectivity index (χ2n) is 5.00. The molecule has 1 rings (SSSR count). The fourth-order valence-electron chi connectivity index (χ4n) is 2.28. The molecular weight excluding hydrogens is 232 g/mol. The largest absolute Gasteiger partial charge is 0.480 e. The molecule has 0 heterocycles. The van der Waals surface area contributed by atoms with Gasteiger partial charge in [0.15, 0.2) is 0 Å². The predicted octanol–water partition coefficient (Wildman–Crippen LogP) is 1.69. The summed E-state index contributed by atoms with van der Waals surface area (Å²) < 4.78 is 0. The highest BCUT2D eigenvalue weighted by Gasteiger charge is 2.27. The lowest BCUT2D eigenvalue weighted by Crippen LogP contribution is -2.44. The Balaban J connectivity index is 2.52. The Labute approximate surface area is 107 Å². The van der Waals surface area contributed by atoms with Crippen molar-refractivity contribution in [1.82, 2.24) is 5.32 Å². The van der Waals surface area contributed by atoms with Crippen molar-refractivity contribution >= 4 is 11.9 Å². The number of carboxylic acids is 1. The normalized spacial score (nSPS) is 19.6. The van der Waals surface area contributed by atoms with E-state index in [1.54, 1.807) is 6.92 Å². The molecule has 1 amide bonds. The summed E-state index contributed by atoms with van der Waals surface area (Å²) in [6.45, 7) is 1.66. The maximum absolute atomic E-state index is 11.9. The molecule has 5 nitrogen and oxygen atoms in total. The summed E-state index contributed by atoms with van der Waals surface area (Å²) in [6.07, 6.45) is 5.05. The van der Waals surface area contributed by atoms with Gasteiger partial charge in [0.1, 0.15) is 6.04 Å². The van der Waals surface area contributed by atoms with Gasteiger partial charge in [-0.25, -0.2) is 4.79 Å². The van der Waals surface area contributed by atoms with E-state index in [0.717, 1.165) is 32.1 Å². The number of nitriles is 1. The first-order chi connectivity index (χ1) is 8.54. The molecule has 0 radical (unpaired) electrons. The van der Waals surface area contributed by atoms with Crippen LogP contribution in [-0.2, 0) is 9.59 Å². The first-order valence-electron chi connectivity index (χ1n) is 6.47. The van der Waals surface area contributed by atoms with Gasteiger partial charge in [0.2, 0.25) is 5.91 Å². The molecular formula is C13H20N2O3. The van der Waals surface area contributed by atoms with Crippen molar-refractivity contribution < 1.29 is 14.7 Å². The van der Waals surface area contributed by atoms with Gasteiger partial charge in [-0.15, -0.1) is 0 Å². The minimum atomic E-state index is -1.07. The number of amides is 1. The van der Waals surface area contributed by atoms with Gasteiger partial charge in [-0.05, 0) is 26.2 Å². The monoisotopic (exact) mass is 252 g/mol. The summed E-state index contributed by atoms with van der Waals surface area (Å²) in [5, 5.41) is 20.3. The standard InChI is InChI=1S/C13H20N2O3/c1-9(8-14)7-11(13(17)18)15-12(16)10-5-3-2-4-6-10/h9-11H,2-7H2,1H3,(H,15,16)(H,17,18)/t9-,11-/m0/s1. The number of carboxylic acid groups (broad SMARTS) is 1. The molecule has 2 atom stereocenters. The van der Waals surface area contributed by atoms with Gasteiger partial charge in [0, 0.05) is 11.8 Å². The summed E-state index contributed by atoms with van der Waals surface area (Å²) >= 11 is 0. The van der Waals surface area contributed by atoms with E-state index >= 15 is 0 Å². The number of rotatable bonds is 5. The van der Waals surface area contributed by atoms with E-state index in [1.165, 1.54) is 0 Å². The fraction of sp³-hybridized carbons (Fsp3) is 0.769. The number of nitrogens with zero attached hydrogens (tertiary/aromatic N) is 1. The third-order valence-electron chi connectivity index (χ3n) is 3.40. The molecule has 2 N–H and O–H groups in total. The van der Waals surface area contributed by atoms with E-state index in [-0.39, 0.29) is 24.2 Å². The zero-order chi connectivity index (χ0) is 13.5. The minimum absolute atomic E-state index is 0.0574. The van der Waals surface area contributed by atoms with Crippen LogP contribution in [0.2, 0.25) is 0 Å². The summed E-state index contributed by atoms with van der Waals surface area (Å²) in [5.41, 5.74) is 0. The molecule has 0 aliphatic heterocycles. The first kappa shape index (κ1) is 14.5. The van der Waals surface area contributed by atoms with Crippen molar-refractivity contribution in [3.8, 4) is 6.07 Å². The van der Waals surface area contributed by atoms with Crippen LogP contribution in [0.5, 0.6) is 0 Å². The second-order valence-corrected chi connectivity index (χ2v) is 5.00. The van der Waals surface area contributed by atoms with Crippen LogP contribution in [0.25, 0.3) is 0 Å². The van der Waals surface area contributed by atoms with Gasteiger partial charge in [-0.2, -0.15) is 5.26 Å². The Hall–Kier alpha value is -1.57. The molecule has 0 unspecified atom stereocenters. The number of carbonyl (C=O) groups is 2. The highest BCUT2D eigenvalue weighted by atomic mass is 16.4. The number of carbonyl (C=O) groups excluding carboxylic acids is 1. The highest BCUT2D eigenvalue weighted by Crippen LogP contribution is 2.23. The smallest absolute Gasteiger partial charge is 0.326 e. The second kappa shape index (κ2) is 7.00. The van der Waals surface area contributed by atoms with Crippen LogP contribution >= 0.6 is 0 Å². The number of aliphatic carboxylic acids is 1.